The van der Waals surface area contributed by atoms with Crippen LogP contribution < -0.4 is 0 Å². The van der Waals surface area contributed by atoms with E-state index in [2.05, 4.69) is 4.98 Å². The summed E-state index contributed by atoms with van der Waals surface area (Å²) in [5.74, 6) is -0.357. The van der Waals surface area contributed by atoms with E-state index in [-0.39, 0.29) is 5.82 Å². The normalized spacial score (nSPS) is 12.8. The Labute approximate surface area is 99.5 Å². The van der Waals surface area contributed by atoms with Gasteiger partial charge in [-0.05, 0) is 26.8 Å². The van der Waals surface area contributed by atoms with Gasteiger partial charge in [-0.15, -0.1) is 0 Å². The number of halogens is 1. The smallest absolute Gasteiger partial charge is 0.147 e. The Morgan fingerprint density at radius 1 is 1.35 bits per heavy atom. The Balaban J connectivity index is 2.70. The number of nitrogens with zero attached hydrogens (tertiary/aromatic N) is 2. The number of benzene rings is 1. The fraction of sp³-hybridized carbons (Fsp3) is 0.308. The molecule has 17 heavy (non-hydrogen) atoms. The Morgan fingerprint density at radius 2 is 2.06 bits per heavy atom. The number of imidazole rings is 1. The summed E-state index contributed by atoms with van der Waals surface area (Å²) in [5, 5.41) is 9.69. The summed E-state index contributed by atoms with van der Waals surface area (Å²) >= 11 is 0. The topological polar surface area (TPSA) is 38.0 Å². The number of hydrogen-bond donors (Lipinski definition) is 1. The van der Waals surface area contributed by atoms with E-state index >= 15 is 0 Å². The summed E-state index contributed by atoms with van der Waals surface area (Å²) in [6.07, 6.45) is 0.859. The predicted octanol–water partition coefficient (Wildman–Crippen LogP) is 2.68. The van der Waals surface area contributed by atoms with Gasteiger partial charge >= 0.3 is 0 Å². The number of aliphatic hydroxyl groups is 1. The van der Waals surface area contributed by atoms with Gasteiger partial charge in [0.15, 0.2) is 0 Å². The van der Waals surface area contributed by atoms with Crippen molar-refractivity contribution in [1.82, 2.24) is 9.55 Å². The van der Waals surface area contributed by atoms with Gasteiger partial charge in [0.2, 0.25) is 0 Å². The van der Waals surface area contributed by atoms with Crippen LogP contribution in [0.25, 0.3) is 5.69 Å². The lowest BCUT2D eigenvalue weighted by Gasteiger charge is -2.14. The number of para-hydroxylation sites is 1. The first-order chi connectivity index (χ1) is 8.02. The third-order valence-electron chi connectivity index (χ3n) is 2.96. The quantitative estimate of drug-likeness (QED) is 0.867. The molecule has 1 heterocycles. The molecule has 0 radical (unpaired) electrons. The number of aromatic nitrogens is 2. The minimum atomic E-state index is -0.720. The van der Waals surface area contributed by atoms with Crippen molar-refractivity contribution in [3.63, 3.8) is 0 Å². The van der Waals surface area contributed by atoms with Gasteiger partial charge in [0.25, 0.3) is 0 Å². The summed E-state index contributed by atoms with van der Waals surface area (Å²) in [5.41, 5.74) is 2.66. The number of aliphatic hydroxyl groups excluding tert-OH is 1. The molecule has 1 unspecified atom stereocenters. The van der Waals surface area contributed by atoms with E-state index in [9.17, 15) is 9.50 Å². The van der Waals surface area contributed by atoms with Gasteiger partial charge in [-0.3, -0.25) is 0 Å². The monoisotopic (exact) mass is 234 g/mol. The van der Waals surface area contributed by atoms with Gasteiger partial charge in [0.1, 0.15) is 5.82 Å². The fourth-order valence-electron chi connectivity index (χ4n) is 1.85. The predicted molar refractivity (Wildman–Crippen MR) is 63.6 cm³/mol. The van der Waals surface area contributed by atoms with E-state index in [1.165, 1.54) is 6.07 Å². The summed E-state index contributed by atoms with van der Waals surface area (Å²) in [7, 11) is 0. The second-order valence-electron chi connectivity index (χ2n) is 4.14. The average molecular weight is 234 g/mol. The lowest BCUT2D eigenvalue weighted by molar-refractivity contribution is 0.198. The van der Waals surface area contributed by atoms with Crippen molar-refractivity contribution in [2.24, 2.45) is 0 Å². The second kappa shape index (κ2) is 4.30. The van der Waals surface area contributed by atoms with E-state index < -0.39 is 6.10 Å². The maximum atomic E-state index is 13.9. The molecule has 0 aliphatic rings. The van der Waals surface area contributed by atoms with Crippen LogP contribution in [0, 0.1) is 19.7 Å². The third-order valence-corrected chi connectivity index (χ3v) is 2.96. The van der Waals surface area contributed by atoms with Crippen LogP contribution in [0.4, 0.5) is 4.39 Å². The van der Waals surface area contributed by atoms with E-state index in [1.54, 1.807) is 30.0 Å². The molecule has 0 spiro atoms. The Hall–Kier alpha value is -1.68. The largest absolute Gasteiger partial charge is 0.389 e. The highest BCUT2D eigenvalue weighted by Gasteiger charge is 2.16. The van der Waals surface area contributed by atoms with Crippen molar-refractivity contribution in [1.29, 1.82) is 0 Å². The maximum absolute atomic E-state index is 13.9. The SMILES string of the molecule is Cc1ncn(-c2c(F)cccc2C(C)O)c1C. The molecule has 0 bridgehead atoms. The van der Waals surface area contributed by atoms with Crippen molar-refractivity contribution in [3.8, 4) is 5.69 Å². The molecule has 0 saturated carbocycles. The van der Waals surface area contributed by atoms with Gasteiger partial charge in [-0.1, -0.05) is 12.1 Å². The number of rotatable bonds is 2. The molecule has 1 atom stereocenters. The van der Waals surface area contributed by atoms with Crippen molar-refractivity contribution < 1.29 is 9.50 Å². The van der Waals surface area contributed by atoms with E-state index in [0.29, 0.717) is 11.3 Å². The van der Waals surface area contributed by atoms with Gasteiger partial charge in [-0.2, -0.15) is 0 Å². The van der Waals surface area contributed by atoms with E-state index in [1.807, 2.05) is 13.8 Å². The number of hydrogen-bond acceptors (Lipinski definition) is 2. The first-order valence-electron chi connectivity index (χ1n) is 5.49. The zero-order chi connectivity index (χ0) is 12.6. The maximum Gasteiger partial charge on any atom is 0.147 e. The molecule has 0 aliphatic heterocycles. The minimum absolute atomic E-state index is 0.357. The van der Waals surface area contributed by atoms with Gasteiger partial charge in [-0.25, -0.2) is 9.37 Å². The molecular formula is C13H15FN2O. The van der Waals surface area contributed by atoms with E-state index in [0.717, 1.165) is 11.4 Å². The summed E-state index contributed by atoms with van der Waals surface area (Å²) < 4.78 is 15.6. The Morgan fingerprint density at radius 3 is 2.59 bits per heavy atom. The second-order valence-corrected chi connectivity index (χ2v) is 4.14. The molecule has 2 aromatic rings. The lowest BCUT2D eigenvalue weighted by atomic mass is 10.1. The highest BCUT2D eigenvalue weighted by atomic mass is 19.1. The molecule has 1 aromatic carbocycles. The lowest BCUT2D eigenvalue weighted by Crippen LogP contribution is -2.06. The van der Waals surface area contributed by atoms with Crippen LogP contribution in [0.1, 0.15) is 30.0 Å². The molecule has 3 nitrogen and oxygen atoms in total. The molecule has 2 rings (SSSR count). The van der Waals surface area contributed by atoms with Crippen LogP contribution in [0.3, 0.4) is 0 Å². The van der Waals surface area contributed by atoms with Gasteiger partial charge < -0.3 is 9.67 Å². The minimum Gasteiger partial charge on any atom is -0.389 e. The Bertz CT molecular complexity index is 546. The molecule has 0 saturated heterocycles. The van der Waals surface area contributed by atoms with Crippen molar-refractivity contribution in [2.75, 3.05) is 0 Å². The third kappa shape index (κ3) is 1.96. The molecule has 4 heteroatoms. The molecule has 0 fully saturated rings. The van der Waals surface area contributed by atoms with Crippen molar-refractivity contribution >= 4 is 0 Å². The summed E-state index contributed by atoms with van der Waals surface area (Å²) in [6.45, 7) is 5.37. The van der Waals surface area contributed by atoms with Crippen LogP contribution >= 0.6 is 0 Å². The average Bonchev–Trinajstić information content (AvgIpc) is 2.60. The zero-order valence-electron chi connectivity index (χ0n) is 10.1. The van der Waals surface area contributed by atoms with Crippen LogP contribution in [0.15, 0.2) is 24.5 Å². The highest BCUT2D eigenvalue weighted by molar-refractivity contribution is 5.45. The molecular weight excluding hydrogens is 219 g/mol. The van der Waals surface area contributed by atoms with Gasteiger partial charge in [0.05, 0.1) is 23.8 Å². The molecule has 0 amide bonds. The number of aryl methyl sites for hydroxylation is 1. The van der Waals surface area contributed by atoms with E-state index in [4.69, 9.17) is 0 Å². The molecule has 1 N–H and O–H groups in total. The first-order valence-corrected chi connectivity index (χ1v) is 5.49. The van der Waals surface area contributed by atoms with Crippen molar-refractivity contribution in [2.45, 2.75) is 26.9 Å². The van der Waals surface area contributed by atoms with Crippen LogP contribution in [-0.2, 0) is 0 Å². The highest BCUT2D eigenvalue weighted by Crippen LogP contribution is 2.26. The standard InChI is InChI=1S/C13H15FN2O/c1-8-9(2)16(7-15-8)13-11(10(3)17)5-4-6-12(13)14/h4-7,10,17H,1-3H3. The van der Waals surface area contributed by atoms with Crippen molar-refractivity contribution in [3.05, 3.63) is 47.3 Å². The van der Waals surface area contributed by atoms with Gasteiger partial charge in [0, 0.05) is 11.3 Å². The van der Waals surface area contributed by atoms with Crippen LogP contribution in [0.5, 0.6) is 0 Å². The zero-order valence-corrected chi connectivity index (χ0v) is 10.1. The summed E-state index contributed by atoms with van der Waals surface area (Å²) in [6, 6.07) is 4.70. The summed E-state index contributed by atoms with van der Waals surface area (Å²) in [4.78, 5) is 4.15. The van der Waals surface area contributed by atoms with Crippen LogP contribution in [-0.4, -0.2) is 14.7 Å². The first kappa shape index (κ1) is 11.8. The molecule has 1 aromatic heterocycles. The molecule has 90 valence electrons. The fourth-order valence-corrected chi connectivity index (χ4v) is 1.85. The molecule has 0 aliphatic carbocycles. The Kier molecular flexibility index (Phi) is 2.98. The van der Waals surface area contributed by atoms with Crippen LogP contribution in [0.2, 0.25) is 0 Å².